The van der Waals surface area contributed by atoms with Crippen molar-refractivity contribution in [3.8, 4) is 0 Å². The molecule has 3 atom stereocenters. The highest BCUT2D eigenvalue weighted by atomic mass is 16.2. The highest BCUT2D eigenvalue weighted by molar-refractivity contribution is 5.80. The van der Waals surface area contributed by atoms with E-state index in [1.807, 2.05) is 6.20 Å². The van der Waals surface area contributed by atoms with Gasteiger partial charge in [-0.15, -0.1) is 0 Å². The molecule has 6 heteroatoms. The van der Waals surface area contributed by atoms with Crippen LogP contribution in [0.25, 0.3) is 0 Å². The van der Waals surface area contributed by atoms with Gasteiger partial charge in [0, 0.05) is 44.3 Å². The molecule has 0 radical (unpaired) electrons. The first-order valence-corrected chi connectivity index (χ1v) is 10.3. The van der Waals surface area contributed by atoms with Crippen LogP contribution in [0.2, 0.25) is 0 Å². The van der Waals surface area contributed by atoms with Crippen molar-refractivity contribution < 1.29 is 4.79 Å². The van der Waals surface area contributed by atoms with Crippen molar-refractivity contribution in [2.24, 2.45) is 0 Å². The minimum atomic E-state index is -0.129. The maximum absolute atomic E-state index is 12.6. The molecule has 1 aliphatic carbocycles. The van der Waals surface area contributed by atoms with Gasteiger partial charge in [0.25, 0.3) is 0 Å². The first kappa shape index (κ1) is 16.5. The van der Waals surface area contributed by atoms with Crippen LogP contribution in [0.4, 0.5) is 5.95 Å². The van der Waals surface area contributed by atoms with E-state index in [0.29, 0.717) is 24.4 Å². The molecule has 4 fully saturated rings. The van der Waals surface area contributed by atoms with Crippen LogP contribution in [0.5, 0.6) is 0 Å². The molecule has 3 saturated heterocycles. The molecule has 4 heterocycles. The molecule has 1 aromatic heterocycles. The molecule has 0 spiro atoms. The number of anilines is 1. The Labute approximate surface area is 155 Å². The van der Waals surface area contributed by atoms with Crippen molar-refractivity contribution in [2.45, 2.75) is 82.6 Å². The molecule has 1 aromatic rings. The van der Waals surface area contributed by atoms with Gasteiger partial charge in [-0.1, -0.05) is 12.8 Å². The Morgan fingerprint density at radius 2 is 1.92 bits per heavy atom. The predicted octanol–water partition coefficient (Wildman–Crippen LogP) is 2.54. The summed E-state index contributed by atoms with van der Waals surface area (Å²) < 4.78 is 0. The minimum absolute atomic E-state index is 0.129. The molecule has 5 rings (SSSR count). The Morgan fingerprint density at radius 3 is 2.73 bits per heavy atom. The van der Waals surface area contributed by atoms with Gasteiger partial charge in [0.1, 0.15) is 0 Å². The molecule has 3 aliphatic heterocycles. The number of hydrogen-bond acceptors (Lipinski definition) is 5. The van der Waals surface area contributed by atoms with Gasteiger partial charge in [-0.05, 0) is 45.1 Å². The molecule has 6 nitrogen and oxygen atoms in total. The molecule has 0 unspecified atom stereocenters. The third-order valence-electron chi connectivity index (χ3n) is 7.07. The number of carbonyl (C=O) groups excluding carboxylic acids is 1. The van der Waals surface area contributed by atoms with Crippen LogP contribution in [0.3, 0.4) is 0 Å². The highest BCUT2D eigenvalue weighted by Crippen LogP contribution is 2.48. The summed E-state index contributed by atoms with van der Waals surface area (Å²) >= 11 is 0. The lowest BCUT2D eigenvalue weighted by molar-refractivity contribution is -0.133. The van der Waals surface area contributed by atoms with E-state index < -0.39 is 0 Å². The lowest BCUT2D eigenvalue weighted by Gasteiger charge is -2.37. The van der Waals surface area contributed by atoms with Crippen LogP contribution < -0.4 is 4.90 Å². The fourth-order valence-corrected chi connectivity index (χ4v) is 5.80. The number of fused-ring (bicyclic) bond motifs is 3. The van der Waals surface area contributed by atoms with Crippen LogP contribution in [0, 0.1) is 0 Å². The van der Waals surface area contributed by atoms with Crippen molar-refractivity contribution in [1.29, 1.82) is 0 Å². The number of amides is 1. The molecule has 1 amide bonds. The topological polar surface area (TPSA) is 52.6 Å². The summed E-state index contributed by atoms with van der Waals surface area (Å²) in [6.07, 6.45) is 10.9. The maximum atomic E-state index is 12.6. The van der Waals surface area contributed by atoms with Gasteiger partial charge in [0.15, 0.2) is 0 Å². The first-order chi connectivity index (χ1) is 12.7. The standard InChI is InChI=1S/C20H29N5O/c1-20-10-8-18(26)25(20)17-7-3-2-6-16(17)24(20)14-15-9-11-21-19(22-15)23-12-4-5-13-23/h9,11,16-17H,2-8,10,12-14H2,1H3/t16-,17-,20-/m0/s1. The van der Waals surface area contributed by atoms with Crippen molar-refractivity contribution in [3.63, 3.8) is 0 Å². The Kier molecular flexibility index (Phi) is 3.92. The fourth-order valence-electron chi connectivity index (χ4n) is 5.80. The van der Waals surface area contributed by atoms with Crippen LogP contribution in [-0.4, -0.2) is 56.5 Å². The molecule has 140 valence electrons. The van der Waals surface area contributed by atoms with Gasteiger partial charge in [-0.25, -0.2) is 9.97 Å². The quantitative estimate of drug-likeness (QED) is 0.834. The summed E-state index contributed by atoms with van der Waals surface area (Å²) in [6, 6.07) is 2.95. The van der Waals surface area contributed by atoms with Gasteiger partial charge < -0.3 is 9.80 Å². The second kappa shape index (κ2) is 6.19. The Hall–Kier alpha value is -1.69. The number of carbonyl (C=O) groups is 1. The smallest absolute Gasteiger partial charge is 0.225 e. The average molecular weight is 355 g/mol. The third kappa shape index (κ3) is 2.45. The maximum Gasteiger partial charge on any atom is 0.225 e. The normalized spacial score (nSPS) is 34.4. The monoisotopic (exact) mass is 355 g/mol. The van der Waals surface area contributed by atoms with E-state index in [4.69, 9.17) is 4.98 Å². The van der Waals surface area contributed by atoms with Gasteiger partial charge in [0.05, 0.1) is 11.4 Å². The number of hydrogen-bond donors (Lipinski definition) is 0. The van der Waals surface area contributed by atoms with Gasteiger partial charge in [0.2, 0.25) is 11.9 Å². The number of aromatic nitrogens is 2. The molecule has 0 N–H and O–H groups in total. The number of rotatable bonds is 3. The SMILES string of the molecule is C[C@@]12CCC(=O)N1[C@H]1CCCC[C@@H]1N2Cc1ccnc(N2CCCC2)n1. The van der Waals surface area contributed by atoms with E-state index >= 15 is 0 Å². The molecule has 4 aliphatic rings. The van der Waals surface area contributed by atoms with Gasteiger partial charge >= 0.3 is 0 Å². The fraction of sp³-hybridized carbons (Fsp3) is 0.750. The minimum Gasteiger partial charge on any atom is -0.341 e. The Morgan fingerprint density at radius 1 is 1.15 bits per heavy atom. The van der Waals surface area contributed by atoms with E-state index in [9.17, 15) is 4.79 Å². The van der Waals surface area contributed by atoms with Gasteiger partial charge in [-0.3, -0.25) is 9.69 Å². The second-order valence-electron chi connectivity index (χ2n) is 8.57. The van der Waals surface area contributed by atoms with E-state index in [2.05, 4.69) is 32.7 Å². The Bertz CT molecular complexity index is 703. The Balaban J connectivity index is 1.43. The zero-order valence-corrected chi connectivity index (χ0v) is 15.7. The zero-order chi connectivity index (χ0) is 17.7. The molecular formula is C20H29N5O. The molecular weight excluding hydrogens is 326 g/mol. The molecule has 0 bridgehead atoms. The molecule has 1 saturated carbocycles. The lowest BCUT2D eigenvalue weighted by atomic mass is 9.90. The van der Waals surface area contributed by atoms with E-state index in [0.717, 1.165) is 44.1 Å². The van der Waals surface area contributed by atoms with E-state index in [1.54, 1.807) is 0 Å². The van der Waals surface area contributed by atoms with Gasteiger partial charge in [-0.2, -0.15) is 0 Å². The summed E-state index contributed by atoms with van der Waals surface area (Å²) in [5.74, 6) is 1.23. The first-order valence-electron chi connectivity index (χ1n) is 10.3. The van der Waals surface area contributed by atoms with Crippen LogP contribution in [-0.2, 0) is 11.3 Å². The summed E-state index contributed by atoms with van der Waals surface area (Å²) in [4.78, 5) is 29.1. The molecule has 26 heavy (non-hydrogen) atoms. The van der Waals surface area contributed by atoms with Crippen LogP contribution in [0.1, 0.15) is 64.0 Å². The summed E-state index contributed by atoms with van der Waals surface area (Å²) in [5.41, 5.74) is 0.962. The summed E-state index contributed by atoms with van der Waals surface area (Å²) in [5, 5.41) is 0. The largest absolute Gasteiger partial charge is 0.341 e. The zero-order valence-electron chi connectivity index (χ0n) is 15.7. The highest BCUT2D eigenvalue weighted by Gasteiger charge is 2.59. The summed E-state index contributed by atoms with van der Waals surface area (Å²) in [7, 11) is 0. The van der Waals surface area contributed by atoms with Crippen LogP contribution in [0.15, 0.2) is 12.3 Å². The average Bonchev–Trinajstić information content (AvgIpc) is 3.34. The molecule has 0 aromatic carbocycles. The van der Waals surface area contributed by atoms with Crippen molar-refractivity contribution in [1.82, 2.24) is 19.8 Å². The third-order valence-corrected chi connectivity index (χ3v) is 7.07. The lowest BCUT2D eigenvalue weighted by Crippen LogP contribution is -2.49. The van der Waals surface area contributed by atoms with Crippen LogP contribution >= 0.6 is 0 Å². The predicted molar refractivity (Wildman–Crippen MR) is 99.6 cm³/mol. The summed E-state index contributed by atoms with van der Waals surface area (Å²) in [6.45, 7) is 5.24. The number of nitrogens with zero attached hydrogens (tertiary/aromatic N) is 5. The van der Waals surface area contributed by atoms with E-state index in [-0.39, 0.29) is 5.66 Å². The van der Waals surface area contributed by atoms with Crippen molar-refractivity contribution >= 4 is 11.9 Å². The van der Waals surface area contributed by atoms with Crippen molar-refractivity contribution in [2.75, 3.05) is 18.0 Å². The van der Waals surface area contributed by atoms with E-state index in [1.165, 1.54) is 32.1 Å². The van der Waals surface area contributed by atoms with Crippen molar-refractivity contribution in [3.05, 3.63) is 18.0 Å². The second-order valence-corrected chi connectivity index (χ2v) is 8.57.